The number of carbonyl (C=O) groups is 2. The number of nitrogens with zero attached hydrogens (tertiary/aromatic N) is 4. The third-order valence-electron chi connectivity index (χ3n) is 8.46. The predicted molar refractivity (Wildman–Crippen MR) is 166 cm³/mol. The number of hydrogen-bond donors (Lipinski definition) is 3. The van der Waals surface area contributed by atoms with Crippen LogP contribution < -0.4 is 10.1 Å². The summed E-state index contributed by atoms with van der Waals surface area (Å²) in [7, 11) is 0. The van der Waals surface area contributed by atoms with Crippen molar-refractivity contribution in [1.82, 2.24) is 24.8 Å². The van der Waals surface area contributed by atoms with Crippen LogP contribution in [0.4, 0.5) is 15.0 Å². The highest BCUT2D eigenvalue weighted by Crippen LogP contribution is 2.39. The van der Waals surface area contributed by atoms with E-state index in [0.717, 1.165) is 0 Å². The van der Waals surface area contributed by atoms with Gasteiger partial charge in [0, 0.05) is 43.5 Å². The van der Waals surface area contributed by atoms with Gasteiger partial charge < -0.3 is 25.0 Å². The second-order valence-electron chi connectivity index (χ2n) is 12.4. The van der Waals surface area contributed by atoms with E-state index in [-0.39, 0.29) is 40.4 Å². The number of likely N-dealkylation sites (tertiary alicyclic amines) is 2. The number of H-pyrrole nitrogens is 1. The number of alkyl halides is 1. The number of carbonyl (C=O) groups excluding carboxylic acids is 1. The third-order valence-corrected chi connectivity index (χ3v) is 8.77. The topological polar surface area (TPSA) is 124 Å². The van der Waals surface area contributed by atoms with Crippen LogP contribution in [0.2, 0.25) is 5.02 Å². The molecule has 2 fully saturated rings. The van der Waals surface area contributed by atoms with Crippen molar-refractivity contribution in [1.29, 1.82) is 0 Å². The van der Waals surface area contributed by atoms with Crippen LogP contribution >= 0.6 is 11.6 Å². The van der Waals surface area contributed by atoms with E-state index >= 15 is 4.39 Å². The van der Waals surface area contributed by atoms with Gasteiger partial charge in [-0.3, -0.25) is 9.69 Å². The molecule has 0 aliphatic carbocycles. The number of rotatable bonds is 7. The lowest BCUT2D eigenvalue weighted by Gasteiger charge is -2.57. The molecule has 4 heterocycles. The zero-order valence-corrected chi connectivity index (χ0v) is 25.4. The zero-order chi connectivity index (χ0) is 31.2. The number of hydrogen-bond acceptors (Lipinski definition) is 7. The first kappa shape index (κ1) is 29.8. The summed E-state index contributed by atoms with van der Waals surface area (Å²) in [4.78, 5) is 40.6. The maximum Gasteiger partial charge on any atom is 0.407 e. The molecule has 2 saturated heterocycles. The number of ether oxygens (including phenoxy) is 1. The zero-order valence-electron chi connectivity index (χ0n) is 24.6. The van der Waals surface area contributed by atoms with Gasteiger partial charge >= 0.3 is 6.09 Å². The number of amides is 1. The van der Waals surface area contributed by atoms with Crippen molar-refractivity contribution in [3.63, 3.8) is 0 Å². The molecule has 0 saturated carbocycles. The van der Waals surface area contributed by atoms with Gasteiger partial charge in [-0.2, -0.15) is 0 Å². The second kappa shape index (κ2) is 11.7. The molecule has 2 aliphatic rings. The highest BCUT2D eigenvalue weighted by Gasteiger charge is 2.52. The number of aromatic amines is 1. The van der Waals surface area contributed by atoms with E-state index in [4.69, 9.17) is 16.3 Å². The van der Waals surface area contributed by atoms with Gasteiger partial charge in [-0.25, -0.2) is 19.2 Å². The summed E-state index contributed by atoms with van der Waals surface area (Å²) in [5.41, 5.74) is 0.758. The number of ketones is 1. The molecule has 2 aromatic heterocycles. The van der Waals surface area contributed by atoms with E-state index in [1.165, 1.54) is 11.2 Å². The Labute approximate surface area is 259 Å². The van der Waals surface area contributed by atoms with Gasteiger partial charge in [0.25, 0.3) is 0 Å². The summed E-state index contributed by atoms with van der Waals surface area (Å²) in [5.74, 6) is 1.16. The number of carboxylic acid groups (broad SMARTS) is 1. The Kier molecular flexibility index (Phi) is 7.93. The lowest BCUT2D eigenvalue weighted by molar-refractivity contribution is -0.0774. The largest absolute Gasteiger partial charge is 0.465 e. The molecular formula is C32H34ClFN6O4. The number of fused-ring (bicyclic) bond motifs is 1. The molecule has 0 spiro atoms. The Morgan fingerprint density at radius 2 is 1.86 bits per heavy atom. The maximum absolute atomic E-state index is 15.7. The van der Waals surface area contributed by atoms with Gasteiger partial charge in [-0.05, 0) is 36.1 Å². The molecule has 0 bridgehead atoms. The minimum atomic E-state index is -1.24. The molecule has 12 heteroatoms. The minimum absolute atomic E-state index is 0.0424. The van der Waals surface area contributed by atoms with Crippen molar-refractivity contribution in [2.75, 3.05) is 25.0 Å². The fraction of sp³-hybridized carbons (Fsp3) is 0.375. The SMILES string of the molecule is CC(C)(C)C1C(N2CCC(Nc3ncnc4[nH]cc(C(=O)c5ccc(Oc6ccccc6)cc5Cl)c34)C(F)C2)CN1C(=O)O. The smallest absolute Gasteiger partial charge is 0.407 e. The number of nitrogens with one attached hydrogen (secondary N) is 2. The molecule has 4 unspecified atom stereocenters. The van der Waals surface area contributed by atoms with Crippen LogP contribution in [-0.2, 0) is 0 Å². The quantitative estimate of drug-likeness (QED) is 0.208. The van der Waals surface area contributed by atoms with Gasteiger partial charge in [0.2, 0.25) is 0 Å². The van der Waals surface area contributed by atoms with Crippen molar-refractivity contribution in [2.24, 2.45) is 5.41 Å². The summed E-state index contributed by atoms with van der Waals surface area (Å²) in [5, 5.41) is 13.5. The van der Waals surface area contributed by atoms with Crippen molar-refractivity contribution < 1.29 is 23.8 Å². The number of piperidine rings is 1. The Morgan fingerprint density at radius 3 is 2.55 bits per heavy atom. The average molecular weight is 621 g/mol. The molecule has 1 amide bonds. The number of aromatic nitrogens is 3. The van der Waals surface area contributed by atoms with E-state index in [1.807, 2.05) is 51.1 Å². The molecule has 10 nitrogen and oxygen atoms in total. The van der Waals surface area contributed by atoms with E-state index < -0.39 is 18.3 Å². The standard InChI is InChI=1S/C32H34ClFN6O4/c1-32(2,3)28-25(16-40(28)31(42)43)39-12-11-24(23(34)15-39)38-30-26-21(14-35-29(26)36-17-37-30)27(41)20-10-9-19(13-22(20)33)44-18-7-5-4-6-8-18/h4-10,13-14,17,23-25,28H,11-12,15-16H2,1-3H3,(H,42,43)(H2,35,36,37,38). The Bertz CT molecular complexity index is 1690. The van der Waals surface area contributed by atoms with Gasteiger partial charge in [-0.15, -0.1) is 0 Å². The fourth-order valence-corrected chi connectivity index (χ4v) is 6.63. The van der Waals surface area contributed by atoms with Gasteiger partial charge in [-0.1, -0.05) is 50.6 Å². The number of halogens is 2. The highest BCUT2D eigenvalue weighted by molar-refractivity contribution is 6.35. The summed E-state index contributed by atoms with van der Waals surface area (Å²) < 4.78 is 21.5. The van der Waals surface area contributed by atoms with Crippen LogP contribution in [0.15, 0.2) is 61.1 Å². The van der Waals surface area contributed by atoms with Crippen LogP contribution in [-0.4, -0.2) is 85.7 Å². The number of anilines is 1. The van der Waals surface area contributed by atoms with Crippen molar-refractivity contribution in [3.8, 4) is 11.5 Å². The molecule has 2 aromatic carbocycles. The first-order valence-corrected chi connectivity index (χ1v) is 14.9. The highest BCUT2D eigenvalue weighted by atomic mass is 35.5. The van der Waals surface area contributed by atoms with E-state index in [0.29, 0.717) is 53.4 Å². The summed E-state index contributed by atoms with van der Waals surface area (Å²) in [6.45, 7) is 7.17. The van der Waals surface area contributed by atoms with Gasteiger partial charge in [0.05, 0.1) is 28.1 Å². The van der Waals surface area contributed by atoms with Crippen molar-refractivity contribution in [3.05, 3.63) is 77.2 Å². The summed E-state index contributed by atoms with van der Waals surface area (Å²) in [6.07, 6.45) is 1.22. The third kappa shape index (κ3) is 5.69. The Hall–Kier alpha value is -4.22. The molecule has 3 N–H and O–H groups in total. The molecule has 230 valence electrons. The van der Waals surface area contributed by atoms with E-state index in [9.17, 15) is 14.7 Å². The first-order valence-electron chi connectivity index (χ1n) is 14.5. The molecule has 6 rings (SSSR count). The second-order valence-corrected chi connectivity index (χ2v) is 12.8. The summed E-state index contributed by atoms with van der Waals surface area (Å²) in [6, 6.07) is 13.3. The van der Waals surface area contributed by atoms with Crippen LogP contribution in [0.3, 0.4) is 0 Å². The molecule has 0 radical (unpaired) electrons. The molecule has 4 atom stereocenters. The number of para-hydroxylation sites is 1. The molecule has 2 aliphatic heterocycles. The Morgan fingerprint density at radius 1 is 1.09 bits per heavy atom. The molecular weight excluding hydrogens is 587 g/mol. The van der Waals surface area contributed by atoms with Crippen LogP contribution in [0.5, 0.6) is 11.5 Å². The predicted octanol–water partition coefficient (Wildman–Crippen LogP) is 6.24. The van der Waals surface area contributed by atoms with Gasteiger partial charge in [0.1, 0.15) is 35.5 Å². The number of benzene rings is 2. The van der Waals surface area contributed by atoms with Gasteiger partial charge in [0.15, 0.2) is 5.78 Å². The van der Waals surface area contributed by atoms with E-state index in [1.54, 1.807) is 24.4 Å². The minimum Gasteiger partial charge on any atom is -0.465 e. The Balaban J connectivity index is 1.18. The van der Waals surface area contributed by atoms with Crippen molar-refractivity contribution >= 4 is 40.3 Å². The first-order chi connectivity index (χ1) is 21.0. The lowest BCUT2D eigenvalue weighted by atomic mass is 9.75. The lowest BCUT2D eigenvalue weighted by Crippen LogP contribution is -2.73. The molecule has 4 aromatic rings. The molecule has 44 heavy (non-hydrogen) atoms. The van der Waals surface area contributed by atoms with Crippen LogP contribution in [0.1, 0.15) is 43.1 Å². The monoisotopic (exact) mass is 620 g/mol. The normalized spacial score (nSPS) is 22.4. The van der Waals surface area contributed by atoms with Crippen molar-refractivity contribution in [2.45, 2.75) is 51.5 Å². The average Bonchev–Trinajstić information content (AvgIpc) is 3.38. The van der Waals surface area contributed by atoms with E-state index in [2.05, 4.69) is 25.2 Å². The van der Waals surface area contributed by atoms with Crippen LogP contribution in [0, 0.1) is 5.41 Å². The fourth-order valence-electron chi connectivity index (χ4n) is 6.37. The summed E-state index contributed by atoms with van der Waals surface area (Å²) >= 11 is 6.55. The van der Waals surface area contributed by atoms with Crippen LogP contribution in [0.25, 0.3) is 11.0 Å². The maximum atomic E-state index is 15.7.